The van der Waals surface area contributed by atoms with Gasteiger partial charge in [-0.05, 0) is 56.2 Å². The van der Waals surface area contributed by atoms with E-state index >= 15 is 0 Å². The van der Waals surface area contributed by atoms with Crippen molar-refractivity contribution in [1.82, 2.24) is 14.1 Å². The third-order valence-electron chi connectivity index (χ3n) is 5.57. The average molecular weight is 459 g/mol. The van der Waals surface area contributed by atoms with Gasteiger partial charge >= 0.3 is 0 Å². The number of hydrogen-bond donors (Lipinski definition) is 1. The highest BCUT2D eigenvalue weighted by molar-refractivity contribution is 7.89. The first-order valence-electron chi connectivity index (χ1n) is 10.3. The summed E-state index contributed by atoms with van der Waals surface area (Å²) in [4.78, 5) is 13.1. The molecule has 0 spiro atoms. The zero-order chi connectivity index (χ0) is 23.6. The molecule has 2 aromatic carbocycles. The van der Waals surface area contributed by atoms with Crippen LogP contribution < -0.4 is 5.32 Å². The molecule has 32 heavy (non-hydrogen) atoms. The molecule has 0 aliphatic rings. The molecule has 0 aliphatic carbocycles. The molecule has 1 amide bonds. The van der Waals surface area contributed by atoms with E-state index in [2.05, 4.69) is 10.4 Å². The number of carbonyl (C=O) groups is 1. The number of aromatic nitrogens is 2. The lowest BCUT2D eigenvalue weighted by Gasteiger charge is -2.20. The second-order valence-electron chi connectivity index (χ2n) is 7.46. The first-order chi connectivity index (χ1) is 15.1. The van der Waals surface area contributed by atoms with Gasteiger partial charge in [-0.1, -0.05) is 26.0 Å². The van der Waals surface area contributed by atoms with Gasteiger partial charge in [0.25, 0.3) is 5.91 Å². The molecule has 0 saturated heterocycles. The second kappa shape index (κ2) is 9.22. The Morgan fingerprint density at radius 3 is 2.41 bits per heavy atom. The zero-order valence-electron chi connectivity index (χ0n) is 18.8. The van der Waals surface area contributed by atoms with E-state index in [1.165, 1.54) is 27.3 Å². The largest absolute Gasteiger partial charge is 0.322 e. The van der Waals surface area contributed by atoms with E-state index in [0.717, 1.165) is 11.1 Å². The highest BCUT2D eigenvalue weighted by Crippen LogP contribution is 2.27. The van der Waals surface area contributed by atoms with Gasteiger partial charge in [0.2, 0.25) is 10.0 Å². The number of amides is 1. The van der Waals surface area contributed by atoms with Crippen molar-refractivity contribution in [1.29, 1.82) is 0 Å². The predicted octanol–water partition coefficient (Wildman–Crippen LogP) is 4.22. The average Bonchev–Trinajstić information content (AvgIpc) is 3.13. The number of para-hydroxylation sites is 1. The smallest absolute Gasteiger partial charge is 0.259 e. The van der Waals surface area contributed by atoms with Gasteiger partial charge in [-0.25, -0.2) is 17.5 Å². The molecule has 0 aliphatic heterocycles. The number of rotatable bonds is 7. The molecule has 3 aromatic rings. The van der Waals surface area contributed by atoms with Gasteiger partial charge in [0, 0.05) is 18.8 Å². The lowest BCUT2D eigenvalue weighted by atomic mass is 10.1. The maximum atomic E-state index is 14.2. The summed E-state index contributed by atoms with van der Waals surface area (Å²) in [5.41, 5.74) is 2.88. The van der Waals surface area contributed by atoms with Crippen molar-refractivity contribution in [2.24, 2.45) is 0 Å². The highest BCUT2D eigenvalue weighted by Gasteiger charge is 2.24. The van der Waals surface area contributed by atoms with Crippen LogP contribution in [0, 0.1) is 26.6 Å². The van der Waals surface area contributed by atoms with Crippen LogP contribution in [0.4, 0.5) is 10.1 Å². The van der Waals surface area contributed by atoms with E-state index in [4.69, 9.17) is 0 Å². The van der Waals surface area contributed by atoms with Crippen LogP contribution in [0.15, 0.2) is 47.5 Å². The Balaban J connectivity index is 1.97. The normalized spacial score (nSPS) is 11.7. The van der Waals surface area contributed by atoms with Crippen LogP contribution in [0.25, 0.3) is 5.69 Å². The molecule has 7 nitrogen and oxygen atoms in total. The number of benzene rings is 2. The SMILES string of the molecule is CCN(CC)S(=O)(=O)c1cc(C)c(C)c(NC(=O)c2cnn(-c3ccccc3F)c2C)c1. The van der Waals surface area contributed by atoms with Crippen LogP contribution in [0.3, 0.4) is 0 Å². The van der Waals surface area contributed by atoms with Crippen molar-refractivity contribution in [3.63, 3.8) is 0 Å². The van der Waals surface area contributed by atoms with E-state index in [9.17, 15) is 17.6 Å². The van der Waals surface area contributed by atoms with E-state index in [-0.39, 0.29) is 16.1 Å². The fourth-order valence-electron chi connectivity index (χ4n) is 3.51. The number of hydrogen-bond acceptors (Lipinski definition) is 4. The van der Waals surface area contributed by atoms with Gasteiger partial charge in [-0.2, -0.15) is 9.40 Å². The topological polar surface area (TPSA) is 84.3 Å². The minimum atomic E-state index is -3.68. The van der Waals surface area contributed by atoms with Crippen molar-refractivity contribution in [2.75, 3.05) is 18.4 Å². The summed E-state index contributed by atoms with van der Waals surface area (Å²) in [5.74, 6) is -0.906. The number of sulfonamides is 1. The third-order valence-corrected chi connectivity index (χ3v) is 7.59. The molecule has 170 valence electrons. The van der Waals surface area contributed by atoms with E-state index < -0.39 is 21.7 Å². The molecular weight excluding hydrogens is 431 g/mol. The monoisotopic (exact) mass is 458 g/mol. The molecule has 0 saturated carbocycles. The van der Waals surface area contributed by atoms with E-state index in [0.29, 0.717) is 24.5 Å². The van der Waals surface area contributed by atoms with Crippen molar-refractivity contribution in [3.05, 3.63) is 70.8 Å². The summed E-state index contributed by atoms with van der Waals surface area (Å²) in [7, 11) is -3.68. The summed E-state index contributed by atoms with van der Waals surface area (Å²) in [6, 6.07) is 9.25. The quantitative estimate of drug-likeness (QED) is 0.575. The van der Waals surface area contributed by atoms with E-state index in [1.54, 1.807) is 52.0 Å². The molecule has 0 atom stereocenters. The maximum absolute atomic E-state index is 14.2. The Bertz CT molecular complexity index is 1260. The van der Waals surface area contributed by atoms with Crippen LogP contribution in [-0.2, 0) is 10.0 Å². The Kier molecular flexibility index (Phi) is 6.80. The van der Waals surface area contributed by atoms with Gasteiger partial charge in [-0.3, -0.25) is 4.79 Å². The number of halogens is 1. The lowest BCUT2D eigenvalue weighted by Crippen LogP contribution is -2.30. The van der Waals surface area contributed by atoms with Crippen LogP contribution in [-0.4, -0.2) is 41.5 Å². The molecule has 9 heteroatoms. The first-order valence-corrected chi connectivity index (χ1v) is 11.8. The fraction of sp³-hybridized carbons (Fsp3) is 0.304. The molecule has 1 N–H and O–H groups in total. The zero-order valence-corrected chi connectivity index (χ0v) is 19.6. The minimum absolute atomic E-state index is 0.123. The Morgan fingerprint density at radius 1 is 1.12 bits per heavy atom. The standard InChI is InChI=1S/C23H27FN4O3S/c1-6-27(7-2)32(30,31)18-12-15(3)16(4)21(13-18)26-23(29)19-14-25-28(17(19)5)22-11-9-8-10-20(22)24/h8-14H,6-7H2,1-5H3,(H,26,29). The van der Waals surface area contributed by atoms with Gasteiger partial charge in [0.1, 0.15) is 11.5 Å². The van der Waals surface area contributed by atoms with Crippen LogP contribution in [0.2, 0.25) is 0 Å². The summed E-state index contributed by atoms with van der Waals surface area (Å²) in [5, 5.41) is 6.97. The Hall–Kier alpha value is -3.04. The van der Waals surface area contributed by atoms with Crippen LogP contribution in [0.5, 0.6) is 0 Å². The first kappa shape index (κ1) is 23.6. The predicted molar refractivity (Wildman–Crippen MR) is 122 cm³/mol. The second-order valence-corrected chi connectivity index (χ2v) is 9.40. The number of nitrogens with zero attached hydrogens (tertiary/aromatic N) is 3. The lowest BCUT2D eigenvalue weighted by molar-refractivity contribution is 0.102. The molecule has 1 aromatic heterocycles. The summed E-state index contributed by atoms with van der Waals surface area (Å²) in [6.07, 6.45) is 1.37. The molecule has 0 fully saturated rings. The van der Waals surface area contributed by atoms with Crippen molar-refractivity contribution >= 4 is 21.6 Å². The van der Waals surface area contributed by atoms with Crippen LogP contribution in [0.1, 0.15) is 41.0 Å². The van der Waals surface area contributed by atoms with Gasteiger partial charge in [0.15, 0.2) is 0 Å². The fourth-order valence-corrected chi connectivity index (χ4v) is 5.08. The molecule has 0 bridgehead atoms. The molecular formula is C23H27FN4O3S. The van der Waals surface area contributed by atoms with Gasteiger partial charge < -0.3 is 5.32 Å². The summed E-state index contributed by atoms with van der Waals surface area (Å²) in [6.45, 7) is 9.54. The number of anilines is 1. The number of carbonyl (C=O) groups excluding carboxylic acids is 1. The number of nitrogens with one attached hydrogen (secondary N) is 1. The third kappa shape index (κ3) is 4.31. The maximum Gasteiger partial charge on any atom is 0.259 e. The highest BCUT2D eigenvalue weighted by atomic mass is 32.2. The van der Waals surface area contributed by atoms with Crippen molar-refractivity contribution in [3.8, 4) is 5.69 Å². The summed E-state index contributed by atoms with van der Waals surface area (Å²) >= 11 is 0. The molecule has 3 rings (SSSR count). The molecule has 0 unspecified atom stereocenters. The Labute approximate surface area is 187 Å². The van der Waals surface area contributed by atoms with Crippen molar-refractivity contribution in [2.45, 2.75) is 39.5 Å². The molecule has 0 radical (unpaired) electrons. The van der Waals surface area contributed by atoms with Gasteiger partial charge in [-0.15, -0.1) is 0 Å². The molecule has 1 heterocycles. The van der Waals surface area contributed by atoms with E-state index in [1.807, 2.05) is 6.92 Å². The Morgan fingerprint density at radius 2 is 1.78 bits per heavy atom. The van der Waals surface area contributed by atoms with Crippen LogP contribution >= 0.6 is 0 Å². The number of aryl methyl sites for hydroxylation is 1. The van der Waals surface area contributed by atoms with Crippen molar-refractivity contribution < 1.29 is 17.6 Å². The van der Waals surface area contributed by atoms with Gasteiger partial charge in [0.05, 0.1) is 22.3 Å². The minimum Gasteiger partial charge on any atom is -0.322 e. The summed E-state index contributed by atoms with van der Waals surface area (Å²) < 4.78 is 42.9.